The number of carbonyl (C=O) groups is 3. The third-order valence-electron chi connectivity index (χ3n) is 14.7. The number of ether oxygens (including phenoxy) is 3. The van der Waals surface area contributed by atoms with Crippen molar-refractivity contribution in [3.8, 4) is 16.9 Å². The highest BCUT2D eigenvalue weighted by atomic mass is 28.4. The van der Waals surface area contributed by atoms with Crippen LogP contribution in [0.4, 0.5) is 4.79 Å². The van der Waals surface area contributed by atoms with E-state index in [0.29, 0.717) is 23.0 Å². The van der Waals surface area contributed by atoms with Gasteiger partial charge in [0.1, 0.15) is 23.4 Å². The standard InChI is InChI=1S/C55H81N7O7Si/c1-15-61-48-19-18-39-29-43(48)45(50(61)44-30-41(60-23-20-56-21-24-60)32-57-49(44)37(8)66-14)31-55(12,13)33-67-52(64)46-17-16-22-62(59-46)51(63)47(58-53(65)68-54(9,10)11)27-38-25-40(39)28-42(26-38)69-70(34(2)3,35(4)5)36(6)7/h16-19,25-26,28-29,32,34-37,41,46-47,56,59H,15,20-24,27,30-31,33H2,1-14H3,(H,58,65)/t37-,41+,46-,47-/m0/s1. The van der Waals surface area contributed by atoms with Crippen molar-refractivity contribution in [2.45, 2.75) is 162 Å². The van der Waals surface area contributed by atoms with Crippen LogP contribution < -0.4 is 20.5 Å². The number of carbonyl (C=O) groups excluding carboxylic acids is 3. The number of aliphatic imine (C=N–C) groups is 1. The number of piperazine rings is 1. The first-order valence-corrected chi connectivity index (χ1v) is 27.8. The number of cyclic esters (lactones) is 1. The van der Waals surface area contributed by atoms with Crippen molar-refractivity contribution in [2.75, 3.05) is 46.4 Å². The highest BCUT2D eigenvalue weighted by Gasteiger charge is 2.47. The largest absolute Gasteiger partial charge is 0.543 e. The second kappa shape index (κ2) is 21.5. The van der Waals surface area contributed by atoms with E-state index in [1.807, 2.05) is 6.07 Å². The van der Waals surface area contributed by atoms with Crippen molar-refractivity contribution < 1.29 is 33.0 Å². The number of nitrogens with one attached hydrogen (secondary N) is 3. The molecule has 1 aromatic heterocycles. The average molecular weight is 980 g/mol. The van der Waals surface area contributed by atoms with Gasteiger partial charge in [0.15, 0.2) is 0 Å². The molecular weight excluding hydrogens is 899 g/mol. The third-order valence-corrected chi connectivity index (χ3v) is 20.7. The number of nitrogens with zero attached hydrogens (tertiary/aromatic N) is 4. The lowest BCUT2D eigenvalue weighted by Crippen LogP contribution is -2.59. The molecule has 70 heavy (non-hydrogen) atoms. The molecule has 5 heterocycles. The zero-order valence-electron chi connectivity index (χ0n) is 44.5. The molecule has 0 aliphatic carbocycles. The first-order valence-electron chi connectivity index (χ1n) is 25.7. The van der Waals surface area contributed by atoms with Gasteiger partial charge in [0.2, 0.25) is 0 Å². The van der Waals surface area contributed by atoms with E-state index in [1.54, 1.807) is 40.0 Å². The maximum atomic E-state index is 14.7. The first-order chi connectivity index (χ1) is 33.0. The van der Waals surface area contributed by atoms with Crippen LogP contribution in [0.25, 0.3) is 27.6 Å². The molecule has 3 aromatic rings. The summed E-state index contributed by atoms with van der Waals surface area (Å²) in [7, 11) is -0.732. The molecule has 14 nitrogen and oxygen atoms in total. The molecule has 6 bridgehead atoms. The SMILES string of the molecule is CCn1c(C2=C([C@H](C)OC)N=C[C@H](N3CCNCC3)C2)c2c3cc(ccc31)-c1cc(cc(O[Si](C(C)C)(C(C)C)C(C)C)c1)C[C@H](NC(=O)OC(C)(C)C)C(=O)N1CC=C[C@H](N1)C(=O)OCC(C)(C)C2. The highest BCUT2D eigenvalue weighted by Crippen LogP contribution is 2.45. The molecule has 15 heteroatoms. The van der Waals surface area contributed by atoms with Crippen molar-refractivity contribution in [3.63, 3.8) is 0 Å². The molecule has 7 rings (SSSR count). The van der Waals surface area contributed by atoms with Crippen LogP contribution in [0.5, 0.6) is 5.75 Å². The molecule has 0 spiro atoms. The summed E-state index contributed by atoms with van der Waals surface area (Å²) in [5.41, 5.74) is 11.0. The van der Waals surface area contributed by atoms with Crippen molar-refractivity contribution in [1.82, 2.24) is 30.5 Å². The summed E-state index contributed by atoms with van der Waals surface area (Å²) in [6.07, 6.45) is 6.17. The maximum Gasteiger partial charge on any atom is 0.408 e. The minimum Gasteiger partial charge on any atom is -0.543 e. The summed E-state index contributed by atoms with van der Waals surface area (Å²) >= 11 is 0. The average Bonchev–Trinajstić information content (AvgIpc) is 3.61. The number of esters is 1. The number of fused-ring (bicyclic) bond motifs is 6. The number of aryl methyl sites for hydroxylation is 1. The van der Waals surface area contributed by atoms with Gasteiger partial charge in [0.25, 0.3) is 14.2 Å². The third kappa shape index (κ3) is 11.4. The maximum absolute atomic E-state index is 14.7. The Kier molecular flexibility index (Phi) is 16.3. The molecule has 4 atom stereocenters. The Morgan fingerprint density at radius 2 is 1.67 bits per heavy atom. The Bertz CT molecular complexity index is 2470. The van der Waals surface area contributed by atoms with Gasteiger partial charge in [-0.2, -0.15) is 0 Å². The number of benzene rings is 2. The fraction of sp³-hybridized carbons (Fsp3) is 0.600. The molecule has 0 radical (unpaired) electrons. The monoisotopic (exact) mass is 980 g/mol. The van der Waals surface area contributed by atoms with E-state index in [9.17, 15) is 14.4 Å². The predicted molar refractivity (Wildman–Crippen MR) is 283 cm³/mol. The lowest BCUT2D eigenvalue weighted by molar-refractivity contribution is -0.151. The van der Waals surface area contributed by atoms with Crippen molar-refractivity contribution >= 4 is 49.0 Å². The predicted octanol–water partition coefficient (Wildman–Crippen LogP) is 9.21. The molecule has 0 unspecified atom stereocenters. The Labute approximate surface area is 418 Å². The van der Waals surface area contributed by atoms with Crippen molar-refractivity contribution in [2.24, 2.45) is 10.4 Å². The molecule has 0 saturated carbocycles. The molecular formula is C55H81N7O7Si. The van der Waals surface area contributed by atoms with Crippen molar-refractivity contribution in [3.05, 3.63) is 71.1 Å². The summed E-state index contributed by atoms with van der Waals surface area (Å²) < 4.78 is 27.9. The quantitative estimate of drug-likeness (QED) is 0.0966. The van der Waals surface area contributed by atoms with Crippen LogP contribution in [0, 0.1) is 5.41 Å². The van der Waals surface area contributed by atoms with Gasteiger partial charge in [0, 0.05) is 80.4 Å². The smallest absolute Gasteiger partial charge is 0.408 e. The molecule has 4 aliphatic rings. The summed E-state index contributed by atoms with van der Waals surface area (Å²) in [5, 5.41) is 8.92. The van der Waals surface area contributed by atoms with Gasteiger partial charge in [-0.25, -0.2) is 15.0 Å². The lowest BCUT2D eigenvalue weighted by atomic mass is 9.83. The molecule has 2 aromatic carbocycles. The number of aromatic nitrogens is 1. The Hall–Kier alpha value is -4.80. The van der Waals surface area contributed by atoms with Gasteiger partial charge >= 0.3 is 12.1 Å². The van der Waals surface area contributed by atoms with Crippen LogP contribution in [-0.2, 0) is 43.2 Å². The van der Waals surface area contributed by atoms with E-state index in [-0.39, 0.29) is 31.7 Å². The molecule has 1 saturated heterocycles. The fourth-order valence-electron chi connectivity index (χ4n) is 11.4. The van der Waals surface area contributed by atoms with E-state index in [4.69, 9.17) is 23.6 Å². The van der Waals surface area contributed by atoms with Gasteiger partial charge in [-0.1, -0.05) is 79.7 Å². The second-order valence-electron chi connectivity index (χ2n) is 22.5. The fourth-order valence-corrected chi connectivity index (χ4v) is 16.6. The summed E-state index contributed by atoms with van der Waals surface area (Å²) in [6.45, 7) is 32.4. The summed E-state index contributed by atoms with van der Waals surface area (Å²) in [6, 6.07) is 11.2. The van der Waals surface area contributed by atoms with E-state index in [1.165, 1.54) is 16.1 Å². The van der Waals surface area contributed by atoms with Crippen LogP contribution in [-0.4, -0.2) is 123 Å². The van der Waals surface area contributed by atoms with Crippen LogP contribution in [0.3, 0.4) is 0 Å². The normalized spacial score (nSPS) is 22.2. The second-order valence-corrected chi connectivity index (χ2v) is 27.9. The minimum atomic E-state index is -2.48. The van der Waals surface area contributed by atoms with E-state index in [2.05, 4.69) is 131 Å². The van der Waals surface area contributed by atoms with Crippen molar-refractivity contribution in [1.29, 1.82) is 0 Å². The molecule has 2 amide bonds. The van der Waals surface area contributed by atoms with Crippen LogP contribution >= 0.6 is 0 Å². The van der Waals surface area contributed by atoms with Gasteiger partial charge < -0.3 is 33.8 Å². The number of alkyl carbamates (subject to hydrolysis) is 1. The first kappa shape index (κ1) is 53.0. The molecule has 4 aliphatic heterocycles. The van der Waals surface area contributed by atoms with E-state index in [0.717, 1.165) is 83.9 Å². The lowest BCUT2D eigenvalue weighted by Gasteiger charge is -2.42. The van der Waals surface area contributed by atoms with Gasteiger partial charge in [-0.15, -0.1) is 0 Å². The number of methoxy groups -OCH3 is 1. The Morgan fingerprint density at radius 1 is 0.971 bits per heavy atom. The number of rotatable bonds is 11. The topological polar surface area (TPSA) is 148 Å². The number of hydrogen-bond donors (Lipinski definition) is 3. The molecule has 3 N–H and O–H groups in total. The van der Waals surface area contributed by atoms with Crippen LogP contribution in [0.15, 0.2) is 59.2 Å². The zero-order valence-corrected chi connectivity index (χ0v) is 45.5. The number of amides is 2. The number of hydrazine groups is 1. The van der Waals surface area contributed by atoms with Crippen LogP contribution in [0.2, 0.25) is 16.6 Å². The highest BCUT2D eigenvalue weighted by molar-refractivity contribution is 6.78. The van der Waals surface area contributed by atoms with Gasteiger partial charge in [-0.3, -0.25) is 19.7 Å². The zero-order chi connectivity index (χ0) is 50.9. The summed E-state index contributed by atoms with van der Waals surface area (Å²) in [5.74, 6) is -0.175. The van der Waals surface area contributed by atoms with Gasteiger partial charge in [0.05, 0.1) is 30.6 Å². The van der Waals surface area contributed by atoms with E-state index < -0.39 is 49.4 Å². The van der Waals surface area contributed by atoms with E-state index >= 15 is 0 Å². The number of hydrogen-bond acceptors (Lipinski definition) is 11. The minimum absolute atomic E-state index is 0.125. The van der Waals surface area contributed by atoms with Crippen LogP contribution in [0.1, 0.15) is 113 Å². The Morgan fingerprint density at radius 3 is 2.31 bits per heavy atom. The summed E-state index contributed by atoms with van der Waals surface area (Å²) in [4.78, 5) is 50.1. The molecule has 382 valence electrons. The Balaban J connectivity index is 1.48. The van der Waals surface area contributed by atoms with Gasteiger partial charge in [-0.05, 0) is 111 Å². The molecule has 1 fully saturated rings.